The minimum absolute atomic E-state index is 0.0920. The molecule has 0 N–H and O–H groups in total. The van der Waals surface area contributed by atoms with Crippen LogP contribution in [0.25, 0.3) is 0 Å². The highest BCUT2D eigenvalue weighted by atomic mass is 32.1. The molecule has 188 valence electrons. The molecule has 1 fully saturated rings. The number of nitrogens with zero attached hydrogens (tertiary/aromatic N) is 3. The van der Waals surface area contributed by atoms with E-state index >= 15 is 0 Å². The average Bonchev–Trinajstić information content (AvgIpc) is 3.32. The van der Waals surface area contributed by atoms with E-state index in [0.29, 0.717) is 23.5 Å². The molecule has 0 radical (unpaired) electrons. The maximum Gasteiger partial charge on any atom is 0.336 e. The standard InChI is InChI=1S/C24H29N3O7S/c1-4-34-24(30)22-17(12-19(35)18-9-6-10-26(18)13-28)25-14(2)20(23(29)33-3)21(22)15-7-5-8-16(11-15)27(31)32/h5,7-8,11,13,18-21,35H,4,6,9-10,12H2,1-3H3. The molecule has 2 heterocycles. The highest BCUT2D eigenvalue weighted by Gasteiger charge is 2.44. The number of methoxy groups -OCH3 is 1. The van der Waals surface area contributed by atoms with Crippen LogP contribution in [0.2, 0.25) is 0 Å². The molecule has 2 aliphatic heterocycles. The van der Waals surface area contributed by atoms with Crippen molar-refractivity contribution in [2.75, 3.05) is 20.3 Å². The highest BCUT2D eigenvalue weighted by molar-refractivity contribution is 7.81. The lowest BCUT2D eigenvalue weighted by Gasteiger charge is -2.33. The number of rotatable bonds is 9. The molecule has 1 aromatic carbocycles. The highest BCUT2D eigenvalue weighted by Crippen LogP contribution is 2.43. The fourth-order valence-corrected chi connectivity index (χ4v) is 5.35. The number of nitro groups is 1. The van der Waals surface area contributed by atoms with E-state index in [9.17, 15) is 24.5 Å². The van der Waals surface area contributed by atoms with Gasteiger partial charge in [-0.3, -0.25) is 24.7 Å². The van der Waals surface area contributed by atoms with E-state index < -0.39 is 28.7 Å². The first kappa shape index (κ1) is 26.4. The molecular formula is C24H29N3O7S. The summed E-state index contributed by atoms with van der Waals surface area (Å²) in [6.07, 6.45) is 2.67. The second kappa shape index (κ2) is 11.5. The Balaban J connectivity index is 2.17. The molecule has 10 nitrogen and oxygen atoms in total. The minimum atomic E-state index is -0.971. The summed E-state index contributed by atoms with van der Waals surface area (Å²) in [5, 5.41) is 11.1. The summed E-state index contributed by atoms with van der Waals surface area (Å²) in [5.41, 5.74) is 1.17. The number of esters is 2. The molecule has 0 aromatic heterocycles. The van der Waals surface area contributed by atoms with Gasteiger partial charge in [-0.1, -0.05) is 12.1 Å². The van der Waals surface area contributed by atoms with Crippen LogP contribution in [0.5, 0.6) is 0 Å². The monoisotopic (exact) mass is 503 g/mol. The minimum Gasteiger partial charge on any atom is -0.468 e. The van der Waals surface area contributed by atoms with Gasteiger partial charge in [0.2, 0.25) is 6.41 Å². The van der Waals surface area contributed by atoms with Gasteiger partial charge in [-0.15, -0.1) is 0 Å². The maximum absolute atomic E-state index is 13.3. The second-order valence-corrected chi connectivity index (χ2v) is 9.15. The number of ether oxygens (including phenoxy) is 2. The number of allylic oxidation sites excluding steroid dienone is 1. The third kappa shape index (κ3) is 5.55. The molecule has 2 aliphatic rings. The van der Waals surface area contributed by atoms with Crippen molar-refractivity contribution in [1.82, 2.24) is 4.90 Å². The van der Waals surface area contributed by atoms with Crippen LogP contribution in [0.4, 0.5) is 5.69 Å². The number of carbonyl (C=O) groups is 3. The van der Waals surface area contributed by atoms with Crippen LogP contribution < -0.4 is 0 Å². The number of carbonyl (C=O) groups excluding carboxylic acids is 3. The summed E-state index contributed by atoms with van der Waals surface area (Å²) in [6, 6.07) is 5.70. The number of thiol groups is 1. The van der Waals surface area contributed by atoms with Crippen LogP contribution in [0, 0.1) is 16.0 Å². The van der Waals surface area contributed by atoms with Crippen molar-refractivity contribution in [2.45, 2.75) is 50.3 Å². The molecule has 4 atom stereocenters. The molecule has 0 aliphatic carbocycles. The van der Waals surface area contributed by atoms with E-state index in [-0.39, 0.29) is 35.6 Å². The Labute approximate surface area is 208 Å². The van der Waals surface area contributed by atoms with Gasteiger partial charge in [0, 0.05) is 48.0 Å². The third-order valence-corrected chi connectivity index (χ3v) is 6.96. The summed E-state index contributed by atoms with van der Waals surface area (Å²) in [7, 11) is 1.24. The van der Waals surface area contributed by atoms with E-state index in [4.69, 9.17) is 22.1 Å². The predicted octanol–water partition coefficient (Wildman–Crippen LogP) is 3.07. The summed E-state index contributed by atoms with van der Waals surface area (Å²) >= 11 is 4.74. The summed E-state index contributed by atoms with van der Waals surface area (Å²) in [4.78, 5) is 54.8. The van der Waals surface area contributed by atoms with Gasteiger partial charge in [-0.05, 0) is 32.3 Å². The van der Waals surface area contributed by atoms with Crippen LogP contribution in [0.3, 0.4) is 0 Å². The molecule has 1 saturated heterocycles. The first-order valence-electron chi connectivity index (χ1n) is 11.4. The Morgan fingerprint density at radius 1 is 1.40 bits per heavy atom. The van der Waals surface area contributed by atoms with Crippen LogP contribution in [-0.4, -0.2) is 65.4 Å². The van der Waals surface area contributed by atoms with Crippen molar-refractivity contribution in [3.63, 3.8) is 0 Å². The van der Waals surface area contributed by atoms with Crippen molar-refractivity contribution in [3.8, 4) is 0 Å². The molecular weight excluding hydrogens is 474 g/mol. The first-order chi connectivity index (χ1) is 16.7. The lowest BCUT2D eigenvalue weighted by Crippen LogP contribution is -2.38. The van der Waals surface area contributed by atoms with Gasteiger partial charge in [-0.25, -0.2) is 4.79 Å². The van der Waals surface area contributed by atoms with Gasteiger partial charge in [0.15, 0.2) is 0 Å². The maximum atomic E-state index is 13.3. The van der Waals surface area contributed by atoms with E-state index in [2.05, 4.69) is 4.99 Å². The van der Waals surface area contributed by atoms with Crippen LogP contribution in [0.1, 0.15) is 44.6 Å². The largest absolute Gasteiger partial charge is 0.468 e. The number of hydrogen-bond donors (Lipinski definition) is 1. The van der Waals surface area contributed by atoms with E-state index in [1.165, 1.54) is 25.3 Å². The van der Waals surface area contributed by atoms with Crippen molar-refractivity contribution >= 4 is 42.4 Å². The molecule has 4 unspecified atom stereocenters. The van der Waals surface area contributed by atoms with E-state index in [0.717, 1.165) is 19.3 Å². The lowest BCUT2D eigenvalue weighted by molar-refractivity contribution is -0.384. The number of benzene rings is 1. The van der Waals surface area contributed by atoms with Crippen molar-refractivity contribution in [2.24, 2.45) is 10.9 Å². The lowest BCUT2D eigenvalue weighted by atomic mass is 9.75. The van der Waals surface area contributed by atoms with Gasteiger partial charge < -0.3 is 14.4 Å². The number of hydrogen-bond acceptors (Lipinski definition) is 9. The van der Waals surface area contributed by atoms with Gasteiger partial charge in [0.1, 0.15) is 5.92 Å². The molecule has 3 rings (SSSR count). The average molecular weight is 504 g/mol. The Morgan fingerprint density at radius 3 is 2.77 bits per heavy atom. The third-order valence-electron chi connectivity index (χ3n) is 6.43. The zero-order valence-corrected chi connectivity index (χ0v) is 20.8. The van der Waals surface area contributed by atoms with Crippen LogP contribution in [-0.2, 0) is 23.9 Å². The number of likely N-dealkylation sites (tertiary alicyclic amines) is 1. The number of aliphatic imine (C=N–C) groups is 1. The fourth-order valence-electron chi connectivity index (χ4n) is 4.86. The Kier molecular flexibility index (Phi) is 8.66. The van der Waals surface area contributed by atoms with Gasteiger partial charge in [-0.2, -0.15) is 12.6 Å². The van der Waals surface area contributed by atoms with Crippen LogP contribution >= 0.6 is 12.6 Å². The smallest absolute Gasteiger partial charge is 0.336 e. The van der Waals surface area contributed by atoms with Gasteiger partial charge in [0.05, 0.1) is 29.9 Å². The number of amides is 1. The van der Waals surface area contributed by atoms with Gasteiger partial charge in [0.25, 0.3) is 5.69 Å². The first-order valence-corrected chi connectivity index (χ1v) is 11.9. The molecule has 1 amide bonds. The Bertz CT molecular complexity index is 1070. The van der Waals surface area contributed by atoms with Crippen LogP contribution in [0.15, 0.2) is 40.5 Å². The Hall–Kier alpha value is -3.21. The summed E-state index contributed by atoms with van der Waals surface area (Å²) in [6.45, 7) is 4.05. The molecule has 35 heavy (non-hydrogen) atoms. The van der Waals surface area contributed by atoms with E-state index in [1.807, 2.05) is 0 Å². The van der Waals surface area contributed by atoms with Crippen molar-refractivity contribution < 1.29 is 28.8 Å². The van der Waals surface area contributed by atoms with E-state index in [1.54, 1.807) is 24.8 Å². The normalized spacial score (nSPS) is 22.9. The summed E-state index contributed by atoms with van der Waals surface area (Å²) < 4.78 is 10.4. The molecule has 0 bridgehead atoms. The SMILES string of the molecule is CCOC(=O)C1=C(CC(S)C2CCCN2C=O)N=C(C)C(C(=O)OC)C1c1cccc([N+](=O)[O-])c1. The molecule has 0 spiro atoms. The molecule has 11 heteroatoms. The van der Waals surface area contributed by atoms with Crippen molar-refractivity contribution in [3.05, 3.63) is 51.2 Å². The molecule has 0 saturated carbocycles. The zero-order valence-electron chi connectivity index (χ0n) is 19.9. The van der Waals surface area contributed by atoms with Gasteiger partial charge >= 0.3 is 11.9 Å². The number of nitro benzene ring substituents is 1. The Morgan fingerprint density at radius 2 is 2.14 bits per heavy atom. The quantitative estimate of drug-likeness (QED) is 0.180. The summed E-state index contributed by atoms with van der Waals surface area (Å²) in [5.74, 6) is -3.15. The zero-order chi connectivity index (χ0) is 25.7. The topological polar surface area (TPSA) is 128 Å². The second-order valence-electron chi connectivity index (χ2n) is 8.49. The number of non-ortho nitro benzene ring substituents is 1. The predicted molar refractivity (Wildman–Crippen MR) is 131 cm³/mol. The molecule has 1 aromatic rings. The van der Waals surface area contributed by atoms with Crippen molar-refractivity contribution in [1.29, 1.82) is 0 Å². The fraction of sp³-hybridized carbons (Fsp3) is 0.500.